The number of aliphatic hydroxyl groups is 2. The highest BCUT2D eigenvalue weighted by Crippen LogP contribution is 2.37. The van der Waals surface area contributed by atoms with E-state index in [1.807, 2.05) is 0 Å². The maximum Gasteiger partial charge on any atom is 0.191 e. The molecule has 0 rings (SSSR count). The van der Waals surface area contributed by atoms with E-state index in [1.165, 1.54) is 89.9 Å². The molecule has 4 nitrogen and oxygen atoms in total. The van der Waals surface area contributed by atoms with Crippen molar-refractivity contribution in [1.82, 2.24) is 0 Å². The summed E-state index contributed by atoms with van der Waals surface area (Å²) < 4.78 is 12.6. The fraction of sp³-hybridized carbons (Fsp3) is 1.00. The van der Waals surface area contributed by atoms with E-state index in [1.54, 1.807) is 0 Å². The third-order valence-corrected chi connectivity index (χ3v) is 19.7. The molecule has 0 saturated carbocycles. The molecule has 0 aliphatic carbocycles. The van der Waals surface area contributed by atoms with Crippen LogP contribution in [0.3, 0.4) is 0 Å². The highest BCUT2D eigenvalue weighted by atomic mass is 28.4. The Morgan fingerprint density at radius 2 is 0.674 bits per heavy atom. The van der Waals surface area contributed by atoms with Crippen molar-refractivity contribution in [1.29, 1.82) is 0 Å². The molecule has 0 radical (unpaired) electrons. The van der Waals surface area contributed by atoms with Crippen LogP contribution < -0.4 is 0 Å². The van der Waals surface area contributed by atoms with E-state index < -0.39 is 22.2 Å². The summed E-state index contributed by atoms with van der Waals surface area (Å²) in [4.78, 5) is 0. The fourth-order valence-corrected chi connectivity index (χ4v) is 7.44. The van der Waals surface area contributed by atoms with Crippen LogP contribution in [0.15, 0.2) is 0 Å². The van der Waals surface area contributed by atoms with E-state index in [2.05, 4.69) is 67.7 Å². The van der Waals surface area contributed by atoms with Crippen LogP contribution in [-0.2, 0) is 8.85 Å². The molecule has 0 aliphatic heterocycles. The van der Waals surface area contributed by atoms with Crippen molar-refractivity contribution in [3.8, 4) is 0 Å². The molecule has 0 aromatic rings. The van der Waals surface area contributed by atoms with E-state index in [0.29, 0.717) is 10.1 Å². The van der Waals surface area contributed by atoms with Crippen LogP contribution in [0, 0.1) is 0 Å². The lowest BCUT2D eigenvalue weighted by molar-refractivity contribution is 0.00631. The van der Waals surface area contributed by atoms with Gasteiger partial charge in [-0.25, -0.2) is 0 Å². The van der Waals surface area contributed by atoms with Crippen molar-refractivity contribution in [3.05, 3.63) is 0 Å². The lowest BCUT2D eigenvalue weighted by Gasteiger charge is -2.36. The second-order valence-corrected chi connectivity index (χ2v) is 26.4. The summed E-state index contributed by atoms with van der Waals surface area (Å²) in [6.07, 6.45) is 24.6. The predicted molar refractivity (Wildman–Crippen MR) is 195 cm³/mol. The summed E-state index contributed by atoms with van der Waals surface area (Å²) in [5, 5.41) is 21.2. The smallest absolute Gasteiger partial charge is 0.191 e. The average Bonchev–Trinajstić information content (AvgIpc) is 2.89. The zero-order valence-corrected chi connectivity index (χ0v) is 33.2. The van der Waals surface area contributed by atoms with Crippen molar-refractivity contribution in [2.45, 2.75) is 218 Å². The van der Waals surface area contributed by atoms with E-state index in [-0.39, 0.29) is 6.61 Å². The van der Waals surface area contributed by atoms with Gasteiger partial charge in [-0.3, -0.25) is 0 Å². The van der Waals surface area contributed by atoms with Gasteiger partial charge in [0, 0.05) is 19.8 Å². The van der Waals surface area contributed by atoms with Crippen molar-refractivity contribution in [2.75, 3.05) is 19.8 Å². The third-order valence-electron chi connectivity index (χ3n) is 10.7. The van der Waals surface area contributed by atoms with Crippen LogP contribution in [-0.4, -0.2) is 52.3 Å². The molecule has 2 N–H and O–H groups in total. The molecule has 0 fully saturated rings. The molecular weight excluding hydrogens is 565 g/mol. The summed E-state index contributed by atoms with van der Waals surface area (Å²) in [5.41, 5.74) is -0.524. The largest absolute Gasteiger partial charge is 0.417 e. The molecule has 0 saturated heterocycles. The van der Waals surface area contributed by atoms with Gasteiger partial charge >= 0.3 is 0 Å². The van der Waals surface area contributed by atoms with Gasteiger partial charge in [-0.2, -0.15) is 0 Å². The lowest BCUT2D eigenvalue weighted by atomic mass is 9.85. The minimum Gasteiger partial charge on any atom is -0.417 e. The van der Waals surface area contributed by atoms with E-state index >= 15 is 0 Å². The number of hydrogen-bond acceptors (Lipinski definition) is 4. The summed E-state index contributed by atoms with van der Waals surface area (Å²) in [5.74, 6) is 0. The molecule has 0 aromatic heterocycles. The third kappa shape index (κ3) is 21.7. The quantitative estimate of drug-likeness (QED) is 0.0657. The van der Waals surface area contributed by atoms with Crippen LogP contribution >= 0.6 is 0 Å². The normalized spacial score (nSPS) is 13.7. The Bertz CT molecular complexity index is 604. The zero-order chi connectivity index (χ0) is 32.9. The van der Waals surface area contributed by atoms with Crippen molar-refractivity contribution in [2.24, 2.45) is 0 Å². The topological polar surface area (TPSA) is 58.9 Å². The highest BCUT2D eigenvalue weighted by Gasteiger charge is 2.37. The molecule has 0 heterocycles. The second kappa shape index (κ2) is 22.7. The van der Waals surface area contributed by atoms with Gasteiger partial charge in [-0.05, 0) is 81.2 Å². The number of hydrogen-bond donors (Lipinski definition) is 2. The van der Waals surface area contributed by atoms with Gasteiger partial charge < -0.3 is 19.1 Å². The minimum atomic E-state index is -1.59. The summed E-state index contributed by atoms with van der Waals surface area (Å²) in [7, 11) is -3.18. The summed E-state index contributed by atoms with van der Waals surface area (Å²) in [6, 6.07) is 0. The molecule has 0 aromatic carbocycles. The molecule has 0 aliphatic rings. The molecule has 260 valence electrons. The Kier molecular flexibility index (Phi) is 22.9. The zero-order valence-electron chi connectivity index (χ0n) is 31.2. The van der Waals surface area contributed by atoms with Crippen molar-refractivity contribution < 1.29 is 19.1 Å². The summed E-state index contributed by atoms with van der Waals surface area (Å²) >= 11 is 0. The monoisotopic (exact) mass is 645 g/mol. The van der Waals surface area contributed by atoms with E-state index in [4.69, 9.17) is 8.85 Å². The fourth-order valence-electron chi connectivity index (χ4n) is 5.26. The van der Waals surface area contributed by atoms with Gasteiger partial charge in [0.05, 0.1) is 5.60 Å². The van der Waals surface area contributed by atoms with Crippen molar-refractivity contribution >= 4 is 16.6 Å². The lowest BCUT2D eigenvalue weighted by Crippen LogP contribution is -2.40. The van der Waals surface area contributed by atoms with E-state index in [9.17, 15) is 10.2 Å². The molecule has 0 unspecified atom stereocenters. The first-order chi connectivity index (χ1) is 20.0. The first-order valence-electron chi connectivity index (χ1n) is 18.6. The van der Waals surface area contributed by atoms with E-state index in [0.717, 1.165) is 58.2 Å². The molecule has 6 heteroatoms. The molecule has 0 bridgehead atoms. The Morgan fingerprint density at radius 1 is 0.419 bits per heavy atom. The maximum absolute atomic E-state index is 11.4. The number of rotatable bonds is 28. The van der Waals surface area contributed by atoms with Crippen LogP contribution in [0.1, 0.15) is 176 Å². The highest BCUT2D eigenvalue weighted by molar-refractivity contribution is 6.74. The first kappa shape index (κ1) is 43.3. The number of aliphatic hydroxyl groups excluding tert-OH is 1. The Balaban J connectivity index is 3.95. The molecule has 43 heavy (non-hydrogen) atoms. The van der Waals surface area contributed by atoms with Crippen LogP contribution in [0.4, 0.5) is 0 Å². The number of unbranched alkanes of at least 4 members (excludes halogenated alkanes) is 15. The van der Waals surface area contributed by atoms with Gasteiger partial charge in [-0.1, -0.05) is 131 Å². The second-order valence-electron chi connectivity index (χ2n) is 16.8. The van der Waals surface area contributed by atoms with Crippen LogP contribution in [0.25, 0.3) is 0 Å². The molecular formula is C37H80O4Si2. The van der Waals surface area contributed by atoms with Gasteiger partial charge in [-0.15, -0.1) is 0 Å². The van der Waals surface area contributed by atoms with Crippen molar-refractivity contribution in [3.63, 3.8) is 0 Å². The molecule has 0 atom stereocenters. The maximum atomic E-state index is 11.4. The predicted octanol–water partition coefficient (Wildman–Crippen LogP) is 11.9. The average molecular weight is 645 g/mol. The minimum absolute atomic E-state index is 0.237. The summed E-state index contributed by atoms with van der Waals surface area (Å²) in [6.45, 7) is 25.4. The van der Waals surface area contributed by atoms with Gasteiger partial charge in [0.2, 0.25) is 0 Å². The SMILES string of the molecule is CC(C)(C)[Si](C)(C)OCCCCCCCCCCC(O)(CCCCO)CCCCCCCCCCO[Si](C)(C)C(C)(C)C. The molecule has 0 amide bonds. The first-order valence-corrected chi connectivity index (χ1v) is 24.4. The Labute approximate surface area is 273 Å². The van der Waals surface area contributed by atoms with Gasteiger partial charge in [0.15, 0.2) is 16.6 Å². The van der Waals surface area contributed by atoms with Crippen LogP contribution in [0.5, 0.6) is 0 Å². The van der Waals surface area contributed by atoms with Gasteiger partial charge in [0.1, 0.15) is 0 Å². The van der Waals surface area contributed by atoms with Gasteiger partial charge in [0.25, 0.3) is 0 Å². The Morgan fingerprint density at radius 3 is 0.953 bits per heavy atom. The van der Waals surface area contributed by atoms with Crippen LogP contribution in [0.2, 0.25) is 36.3 Å². The Hall–Kier alpha value is 0.274. The molecule has 0 spiro atoms. The standard InChI is InChI=1S/C37H80O4Si2/c1-35(2,3)42(7,8)40-33-27-21-17-13-11-15-19-23-29-37(39,31-25-26-32-38)30-24-20-16-12-14-18-22-28-34-41-43(9,10)36(4,5)6/h38-39H,11-34H2,1-10H3.